The first-order valence-electron chi connectivity index (χ1n) is 9.19. The van der Waals surface area contributed by atoms with Crippen LogP contribution in [0.15, 0.2) is 30.5 Å². The van der Waals surface area contributed by atoms with Gasteiger partial charge in [0, 0.05) is 29.9 Å². The van der Waals surface area contributed by atoms with E-state index in [2.05, 4.69) is 15.6 Å². The molecule has 0 saturated heterocycles. The van der Waals surface area contributed by atoms with Gasteiger partial charge in [0.15, 0.2) is 0 Å². The SMILES string of the molecule is NC(CO)C(=O)NC(Cc1c[nH]c2ccccc12)C(=O)NC(CCC(=O)O)C(=O)O. The number of nitrogens with one attached hydrogen (secondary N) is 3. The van der Waals surface area contributed by atoms with Crippen molar-refractivity contribution in [3.8, 4) is 0 Å². The molecule has 11 nitrogen and oxygen atoms in total. The van der Waals surface area contributed by atoms with Crippen LogP contribution in [0, 0.1) is 0 Å². The molecule has 162 valence electrons. The number of carbonyl (C=O) groups is 4. The predicted molar refractivity (Wildman–Crippen MR) is 105 cm³/mol. The molecule has 1 aromatic heterocycles. The van der Waals surface area contributed by atoms with Crippen molar-refractivity contribution in [2.45, 2.75) is 37.4 Å². The van der Waals surface area contributed by atoms with E-state index in [9.17, 15) is 24.3 Å². The first-order chi connectivity index (χ1) is 14.2. The monoisotopic (exact) mass is 420 g/mol. The van der Waals surface area contributed by atoms with E-state index in [1.165, 1.54) is 0 Å². The van der Waals surface area contributed by atoms with E-state index in [4.69, 9.17) is 15.9 Å². The average molecular weight is 420 g/mol. The lowest BCUT2D eigenvalue weighted by atomic mass is 10.0. The van der Waals surface area contributed by atoms with Gasteiger partial charge in [0.05, 0.1) is 6.61 Å². The largest absolute Gasteiger partial charge is 0.481 e. The fraction of sp³-hybridized carbons (Fsp3) is 0.368. The quantitative estimate of drug-likeness (QED) is 0.239. The van der Waals surface area contributed by atoms with Crippen molar-refractivity contribution in [2.75, 3.05) is 6.61 Å². The Morgan fingerprint density at radius 1 is 1.03 bits per heavy atom. The van der Waals surface area contributed by atoms with Gasteiger partial charge >= 0.3 is 11.9 Å². The molecule has 0 fully saturated rings. The van der Waals surface area contributed by atoms with Crippen LogP contribution in [0.5, 0.6) is 0 Å². The normalized spacial score (nSPS) is 13.9. The highest BCUT2D eigenvalue weighted by Crippen LogP contribution is 2.19. The maximum atomic E-state index is 12.8. The molecule has 2 rings (SSSR count). The van der Waals surface area contributed by atoms with Crippen LogP contribution in [0.3, 0.4) is 0 Å². The van der Waals surface area contributed by atoms with Crippen LogP contribution in [0.4, 0.5) is 0 Å². The van der Waals surface area contributed by atoms with Crippen LogP contribution in [0.25, 0.3) is 10.9 Å². The summed E-state index contributed by atoms with van der Waals surface area (Å²) in [7, 11) is 0. The third-order valence-electron chi connectivity index (χ3n) is 4.53. The highest BCUT2D eigenvalue weighted by atomic mass is 16.4. The minimum absolute atomic E-state index is 0.0189. The first-order valence-corrected chi connectivity index (χ1v) is 9.19. The van der Waals surface area contributed by atoms with Crippen molar-refractivity contribution in [3.05, 3.63) is 36.0 Å². The number of nitrogens with two attached hydrogens (primary N) is 1. The lowest BCUT2D eigenvalue weighted by molar-refractivity contribution is -0.143. The fourth-order valence-corrected chi connectivity index (χ4v) is 2.89. The summed E-state index contributed by atoms with van der Waals surface area (Å²) in [6.45, 7) is -0.635. The summed E-state index contributed by atoms with van der Waals surface area (Å²) in [5.41, 5.74) is 7.01. The number of aromatic amines is 1. The molecule has 2 amide bonds. The Balaban J connectivity index is 2.23. The minimum Gasteiger partial charge on any atom is -0.481 e. The fourth-order valence-electron chi connectivity index (χ4n) is 2.89. The molecular weight excluding hydrogens is 396 g/mol. The van der Waals surface area contributed by atoms with Gasteiger partial charge in [-0.2, -0.15) is 0 Å². The number of hydrogen-bond acceptors (Lipinski definition) is 6. The van der Waals surface area contributed by atoms with Gasteiger partial charge in [0.2, 0.25) is 11.8 Å². The molecule has 3 atom stereocenters. The number of rotatable bonds is 11. The summed E-state index contributed by atoms with van der Waals surface area (Å²) in [6.07, 6.45) is 0.916. The zero-order chi connectivity index (χ0) is 22.3. The molecule has 0 saturated carbocycles. The number of aliphatic carboxylic acids is 2. The van der Waals surface area contributed by atoms with Crippen LogP contribution >= 0.6 is 0 Å². The number of fused-ring (bicyclic) bond motifs is 1. The van der Waals surface area contributed by atoms with E-state index >= 15 is 0 Å². The Hall–Kier alpha value is -3.44. The number of H-pyrrole nitrogens is 1. The highest BCUT2D eigenvalue weighted by Gasteiger charge is 2.29. The topological polar surface area (TPSA) is 195 Å². The van der Waals surface area contributed by atoms with Crippen molar-refractivity contribution >= 4 is 34.7 Å². The Morgan fingerprint density at radius 3 is 2.33 bits per heavy atom. The number of amides is 2. The maximum absolute atomic E-state index is 12.8. The molecule has 30 heavy (non-hydrogen) atoms. The van der Waals surface area contributed by atoms with Gasteiger partial charge < -0.3 is 36.7 Å². The summed E-state index contributed by atoms with van der Waals surface area (Å²) in [4.78, 5) is 50.1. The van der Waals surface area contributed by atoms with Gasteiger partial charge in [0.1, 0.15) is 18.1 Å². The number of aromatic nitrogens is 1. The Morgan fingerprint density at radius 2 is 1.70 bits per heavy atom. The predicted octanol–water partition coefficient (Wildman–Crippen LogP) is -1.05. The van der Waals surface area contributed by atoms with Crippen LogP contribution in [0.2, 0.25) is 0 Å². The van der Waals surface area contributed by atoms with Gasteiger partial charge in [0.25, 0.3) is 0 Å². The second-order valence-electron chi connectivity index (χ2n) is 6.75. The summed E-state index contributed by atoms with van der Waals surface area (Å²) in [5, 5.41) is 32.6. The van der Waals surface area contributed by atoms with Gasteiger partial charge in [-0.25, -0.2) is 4.79 Å². The summed E-state index contributed by atoms with van der Waals surface area (Å²) >= 11 is 0. The van der Waals surface area contributed by atoms with Crippen LogP contribution in [0.1, 0.15) is 18.4 Å². The van der Waals surface area contributed by atoms with E-state index in [0.717, 1.165) is 10.9 Å². The van der Waals surface area contributed by atoms with Gasteiger partial charge in [-0.3, -0.25) is 14.4 Å². The Kier molecular flexibility index (Phi) is 7.90. The van der Waals surface area contributed by atoms with E-state index in [-0.39, 0.29) is 12.8 Å². The molecule has 1 heterocycles. The average Bonchev–Trinajstić information content (AvgIpc) is 3.12. The van der Waals surface area contributed by atoms with Crippen molar-refractivity contribution in [1.29, 1.82) is 0 Å². The number of carbonyl (C=O) groups excluding carboxylic acids is 2. The van der Waals surface area contributed by atoms with Crippen molar-refractivity contribution in [3.63, 3.8) is 0 Å². The van der Waals surface area contributed by atoms with E-state index < -0.39 is 54.9 Å². The molecule has 0 aliphatic carbocycles. The zero-order valence-electron chi connectivity index (χ0n) is 16.0. The van der Waals surface area contributed by atoms with Crippen molar-refractivity contribution in [2.24, 2.45) is 5.73 Å². The van der Waals surface area contributed by atoms with E-state index in [1.54, 1.807) is 12.3 Å². The second kappa shape index (κ2) is 10.4. The number of carboxylic acids is 2. The third kappa shape index (κ3) is 6.03. The standard InChI is InChI=1S/C19H24N4O7/c20-12(9-24)17(27)23-15(7-10-8-21-13-4-2-1-3-11(10)13)18(28)22-14(19(29)30)5-6-16(25)26/h1-4,8,12,14-15,21,24H,5-7,9,20H2,(H,22,28)(H,23,27)(H,25,26)(H,29,30). The Bertz CT molecular complexity index is 926. The van der Waals surface area contributed by atoms with Gasteiger partial charge in [-0.05, 0) is 18.1 Å². The molecule has 0 aliphatic rings. The summed E-state index contributed by atoms with van der Waals surface area (Å²) < 4.78 is 0. The lowest BCUT2D eigenvalue weighted by Gasteiger charge is -2.22. The number of carboxylic acid groups (broad SMARTS) is 2. The van der Waals surface area contributed by atoms with E-state index in [0.29, 0.717) is 5.56 Å². The van der Waals surface area contributed by atoms with Gasteiger partial charge in [-0.15, -0.1) is 0 Å². The first kappa shape index (κ1) is 22.8. The van der Waals surface area contributed by atoms with E-state index in [1.807, 2.05) is 18.2 Å². The van der Waals surface area contributed by atoms with Crippen molar-refractivity contribution < 1.29 is 34.5 Å². The number of benzene rings is 1. The van der Waals surface area contributed by atoms with Crippen LogP contribution in [-0.2, 0) is 25.6 Å². The van der Waals surface area contributed by atoms with Crippen LogP contribution < -0.4 is 16.4 Å². The molecule has 1 aromatic carbocycles. The number of hydrogen-bond donors (Lipinski definition) is 7. The zero-order valence-corrected chi connectivity index (χ0v) is 16.0. The smallest absolute Gasteiger partial charge is 0.326 e. The molecular formula is C19H24N4O7. The third-order valence-corrected chi connectivity index (χ3v) is 4.53. The molecule has 0 aliphatic heterocycles. The molecule has 0 radical (unpaired) electrons. The minimum atomic E-state index is -1.44. The molecule has 11 heteroatoms. The highest BCUT2D eigenvalue weighted by molar-refractivity contribution is 5.93. The second-order valence-corrected chi connectivity index (χ2v) is 6.75. The summed E-state index contributed by atoms with van der Waals surface area (Å²) in [5.74, 6) is -4.19. The molecule has 0 bridgehead atoms. The molecule has 3 unspecified atom stereocenters. The number of aliphatic hydroxyl groups is 1. The molecule has 0 spiro atoms. The maximum Gasteiger partial charge on any atom is 0.326 e. The number of para-hydroxylation sites is 1. The van der Waals surface area contributed by atoms with Gasteiger partial charge in [-0.1, -0.05) is 18.2 Å². The lowest BCUT2D eigenvalue weighted by Crippen LogP contribution is -2.55. The van der Waals surface area contributed by atoms with Crippen LogP contribution in [-0.4, -0.2) is 68.8 Å². The molecule has 2 aromatic rings. The van der Waals surface area contributed by atoms with Crippen molar-refractivity contribution in [1.82, 2.24) is 15.6 Å². The summed E-state index contributed by atoms with van der Waals surface area (Å²) in [6, 6.07) is 3.40. The number of aliphatic hydroxyl groups excluding tert-OH is 1. The Labute approximate surface area is 171 Å². The molecule has 8 N–H and O–H groups in total.